The Morgan fingerprint density at radius 1 is 0.848 bits per heavy atom. The van der Waals surface area contributed by atoms with E-state index in [4.69, 9.17) is 24.2 Å². The average molecular weight is 614 g/mol. The van der Waals surface area contributed by atoms with E-state index >= 15 is 0 Å². The topological polar surface area (TPSA) is 73.8 Å². The molecule has 7 heteroatoms. The van der Waals surface area contributed by atoms with Gasteiger partial charge in [-0.2, -0.15) is 4.98 Å². The van der Waals surface area contributed by atoms with Gasteiger partial charge in [0.2, 0.25) is 11.8 Å². The minimum Gasteiger partial charge on any atom is -0.473 e. The normalized spacial score (nSPS) is 13.3. The first kappa shape index (κ1) is 30.8. The third kappa shape index (κ3) is 7.37. The number of aryl methyl sites for hydroxylation is 1. The minimum atomic E-state index is -0.516. The third-order valence-corrected chi connectivity index (χ3v) is 7.93. The number of carbonyl (C=O) groups excluding carboxylic acids is 1. The van der Waals surface area contributed by atoms with Crippen molar-refractivity contribution >= 4 is 22.6 Å². The molecule has 3 aromatic carbocycles. The van der Waals surface area contributed by atoms with Gasteiger partial charge in [-0.15, -0.1) is 0 Å². The summed E-state index contributed by atoms with van der Waals surface area (Å²) >= 11 is 0. The van der Waals surface area contributed by atoms with Crippen molar-refractivity contribution in [3.8, 4) is 22.9 Å². The summed E-state index contributed by atoms with van der Waals surface area (Å²) in [7, 11) is 0. The van der Waals surface area contributed by atoms with E-state index in [0.29, 0.717) is 38.1 Å². The van der Waals surface area contributed by atoms with Crippen LogP contribution in [0, 0.1) is 6.92 Å². The number of aromatic nitrogens is 2. The van der Waals surface area contributed by atoms with Crippen molar-refractivity contribution in [3.05, 3.63) is 126 Å². The van der Waals surface area contributed by atoms with E-state index < -0.39 is 5.60 Å². The van der Waals surface area contributed by atoms with Crippen molar-refractivity contribution in [2.45, 2.75) is 52.9 Å². The van der Waals surface area contributed by atoms with Gasteiger partial charge in [-0.1, -0.05) is 72.8 Å². The molecular weight excluding hydrogens is 574 g/mol. The largest absolute Gasteiger partial charge is 0.473 e. The number of fused-ring (bicyclic) bond motifs is 1. The van der Waals surface area contributed by atoms with E-state index in [1.807, 2.05) is 99.8 Å². The van der Waals surface area contributed by atoms with Crippen LogP contribution in [-0.2, 0) is 18.0 Å². The maximum Gasteiger partial charge on any atom is 0.410 e. The number of hydrogen-bond donors (Lipinski definition) is 0. The summed E-state index contributed by atoms with van der Waals surface area (Å²) in [5, 5.41) is 1.06. The van der Waals surface area contributed by atoms with Gasteiger partial charge in [0.05, 0.1) is 5.52 Å². The Morgan fingerprint density at radius 3 is 2.17 bits per heavy atom. The zero-order valence-corrected chi connectivity index (χ0v) is 26.8. The highest BCUT2D eigenvalue weighted by Crippen LogP contribution is 2.35. The quantitative estimate of drug-likeness (QED) is 0.174. The molecule has 0 saturated carbocycles. The van der Waals surface area contributed by atoms with Crippen LogP contribution >= 0.6 is 0 Å². The molecule has 1 aliphatic heterocycles. The standard InChI is InChI=1S/C39H39N3O4/c1-27-32(30-19-21-42(22-20-30)38(43)46-39(2,3)4)15-17-35-34(27)23-31(24-40-35)33-16-18-36(44-25-28-11-7-5-8-12-28)41-37(33)45-26-29-13-9-6-10-14-29/h5-19,23-24H,20-22,25-26H2,1-4H3. The molecule has 0 spiro atoms. The minimum absolute atomic E-state index is 0.276. The lowest BCUT2D eigenvalue weighted by Gasteiger charge is -2.30. The molecular formula is C39H39N3O4. The summed E-state index contributed by atoms with van der Waals surface area (Å²) in [6.07, 6.45) is 4.48. The Bertz CT molecular complexity index is 1860. The first-order chi connectivity index (χ1) is 22.2. The van der Waals surface area contributed by atoms with Gasteiger partial charge in [-0.3, -0.25) is 4.98 Å². The molecule has 5 aromatic rings. The van der Waals surface area contributed by atoms with Crippen molar-refractivity contribution in [1.82, 2.24) is 14.9 Å². The maximum atomic E-state index is 12.6. The predicted molar refractivity (Wildman–Crippen MR) is 182 cm³/mol. The van der Waals surface area contributed by atoms with Crippen molar-refractivity contribution in [1.29, 1.82) is 0 Å². The Kier molecular flexibility index (Phi) is 9.01. The lowest BCUT2D eigenvalue weighted by atomic mass is 9.92. The van der Waals surface area contributed by atoms with Crippen molar-refractivity contribution in [2.24, 2.45) is 0 Å². The van der Waals surface area contributed by atoms with Crippen LogP contribution < -0.4 is 9.47 Å². The Morgan fingerprint density at radius 2 is 1.52 bits per heavy atom. The number of carbonyl (C=O) groups is 1. The Labute approximate surface area is 270 Å². The first-order valence-electron chi connectivity index (χ1n) is 15.6. The van der Waals surface area contributed by atoms with Crippen LogP contribution in [0.25, 0.3) is 27.6 Å². The van der Waals surface area contributed by atoms with Crippen LogP contribution in [0.5, 0.6) is 11.8 Å². The molecule has 0 fully saturated rings. The lowest BCUT2D eigenvalue weighted by Crippen LogP contribution is -2.39. The van der Waals surface area contributed by atoms with Crippen LogP contribution in [0.3, 0.4) is 0 Å². The zero-order chi connectivity index (χ0) is 32.1. The fourth-order valence-corrected chi connectivity index (χ4v) is 5.53. The van der Waals surface area contributed by atoms with Crippen molar-refractivity contribution in [3.63, 3.8) is 0 Å². The highest BCUT2D eigenvalue weighted by molar-refractivity contribution is 5.91. The number of nitrogens with zero attached hydrogens (tertiary/aromatic N) is 3. The fraction of sp³-hybridized carbons (Fsp3) is 0.256. The van der Waals surface area contributed by atoms with Gasteiger partial charge >= 0.3 is 6.09 Å². The van der Waals surface area contributed by atoms with Gasteiger partial charge in [0.25, 0.3) is 0 Å². The van der Waals surface area contributed by atoms with E-state index in [1.54, 1.807) is 4.90 Å². The number of hydrogen-bond acceptors (Lipinski definition) is 6. The maximum absolute atomic E-state index is 12.6. The van der Waals surface area contributed by atoms with Crippen LogP contribution in [0.4, 0.5) is 4.79 Å². The second-order valence-corrected chi connectivity index (χ2v) is 12.5. The van der Waals surface area contributed by atoms with Crippen LogP contribution in [-0.4, -0.2) is 39.7 Å². The molecule has 0 radical (unpaired) electrons. The summed E-state index contributed by atoms with van der Waals surface area (Å²) in [4.78, 5) is 24.0. The SMILES string of the molecule is Cc1c(C2=CCN(C(=O)OC(C)(C)C)CC2)ccc2ncc(-c3ccc(OCc4ccccc4)nc3OCc3ccccc3)cc12. The van der Waals surface area contributed by atoms with E-state index in [2.05, 4.69) is 31.2 Å². The molecule has 6 rings (SSSR count). The molecule has 0 unspecified atom stereocenters. The number of benzene rings is 3. The highest BCUT2D eigenvalue weighted by Gasteiger charge is 2.24. The van der Waals surface area contributed by atoms with E-state index in [-0.39, 0.29) is 6.09 Å². The number of rotatable bonds is 8. The summed E-state index contributed by atoms with van der Waals surface area (Å²) in [5.74, 6) is 0.981. The summed E-state index contributed by atoms with van der Waals surface area (Å²) in [6.45, 7) is 9.72. The molecule has 0 saturated heterocycles. The van der Waals surface area contributed by atoms with Gasteiger partial charge in [-0.25, -0.2) is 4.79 Å². The third-order valence-electron chi connectivity index (χ3n) is 7.93. The predicted octanol–water partition coefficient (Wildman–Crippen LogP) is 8.79. The second kappa shape index (κ2) is 13.4. The van der Waals surface area contributed by atoms with Gasteiger partial charge in [0.1, 0.15) is 18.8 Å². The zero-order valence-electron chi connectivity index (χ0n) is 26.8. The molecule has 0 N–H and O–H groups in total. The van der Waals surface area contributed by atoms with Crippen molar-refractivity contribution in [2.75, 3.05) is 13.1 Å². The molecule has 7 nitrogen and oxygen atoms in total. The molecule has 0 aliphatic carbocycles. The van der Waals surface area contributed by atoms with E-state index in [9.17, 15) is 4.79 Å². The highest BCUT2D eigenvalue weighted by atomic mass is 16.6. The molecule has 1 amide bonds. The molecule has 0 atom stereocenters. The van der Waals surface area contributed by atoms with Crippen LogP contribution in [0.1, 0.15) is 49.4 Å². The van der Waals surface area contributed by atoms with Gasteiger partial charge < -0.3 is 19.1 Å². The van der Waals surface area contributed by atoms with Gasteiger partial charge in [0, 0.05) is 41.9 Å². The molecule has 1 aliphatic rings. The first-order valence-corrected chi connectivity index (χ1v) is 15.6. The number of amides is 1. The molecule has 0 bridgehead atoms. The lowest BCUT2D eigenvalue weighted by molar-refractivity contribution is 0.0270. The smallest absolute Gasteiger partial charge is 0.410 e. The Hall–Kier alpha value is -5.17. The molecule has 46 heavy (non-hydrogen) atoms. The van der Waals surface area contributed by atoms with Gasteiger partial charge in [0.15, 0.2) is 0 Å². The summed E-state index contributed by atoms with van der Waals surface area (Å²) in [6, 6.07) is 30.3. The molecule has 2 aromatic heterocycles. The molecule has 3 heterocycles. The van der Waals surface area contributed by atoms with Gasteiger partial charge in [-0.05, 0) is 80.1 Å². The summed E-state index contributed by atoms with van der Waals surface area (Å²) in [5.41, 5.74) is 7.80. The van der Waals surface area contributed by atoms with E-state index in [1.165, 1.54) is 11.1 Å². The number of ether oxygens (including phenoxy) is 3. The van der Waals surface area contributed by atoms with Crippen molar-refractivity contribution < 1.29 is 19.0 Å². The monoisotopic (exact) mass is 613 g/mol. The second-order valence-electron chi connectivity index (χ2n) is 12.5. The van der Waals surface area contributed by atoms with Crippen LogP contribution in [0.15, 0.2) is 103 Å². The fourth-order valence-electron chi connectivity index (χ4n) is 5.53. The van der Waals surface area contributed by atoms with Crippen LogP contribution in [0.2, 0.25) is 0 Å². The molecule has 234 valence electrons. The summed E-state index contributed by atoms with van der Waals surface area (Å²) < 4.78 is 17.9. The van der Waals surface area contributed by atoms with E-state index in [0.717, 1.165) is 45.1 Å². The number of pyridine rings is 2. The Balaban J connectivity index is 1.29. The average Bonchev–Trinajstić information content (AvgIpc) is 3.07.